The zero-order valence-corrected chi connectivity index (χ0v) is 13.7. The number of benzene rings is 2. The molecule has 22 heavy (non-hydrogen) atoms. The number of carbonyl (C=O) groups excluding carboxylic acids is 1. The van der Waals surface area contributed by atoms with Gasteiger partial charge in [0.2, 0.25) is 5.91 Å². The van der Waals surface area contributed by atoms with Gasteiger partial charge in [0.05, 0.1) is 5.75 Å². The maximum atomic E-state index is 13.0. The van der Waals surface area contributed by atoms with Gasteiger partial charge in [-0.25, -0.2) is 4.39 Å². The summed E-state index contributed by atoms with van der Waals surface area (Å²) in [5.74, 6) is 0.153. The fraction of sp³-hybridized carbons (Fsp3) is 0.278. The summed E-state index contributed by atoms with van der Waals surface area (Å²) in [7, 11) is 0. The second kappa shape index (κ2) is 7.99. The van der Waals surface area contributed by atoms with E-state index in [2.05, 4.69) is 31.3 Å². The van der Waals surface area contributed by atoms with Crippen molar-refractivity contribution in [1.82, 2.24) is 5.32 Å². The Morgan fingerprint density at radius 1 is 1.14 bits per heavy atom. The standard InChI is InChI=1S/C18H20FNOS/c1-13-6-7-17(10-14(13)2)22-12-18(21)20-9-8-15-4-3-5-16(19)11-15/h3-7,10-11H,8-9,12H2,1-2H3,(H,20,21). The summed E-state index contributed by atoms with van der Waals surface area (Å²) < 4.78 is 13.0. The summed E-state index contributed by atoms with van der Waals surface area (Å²) in [6.45, 7) is 4.66. The van der Waals surface area contributed by atoms with Crippen LogP contribution in [0.15, 0.2) is 47.4 Å². The quantitative estimate of drug-likeness (QED) is 0.819. The lowest BCUT2D eigenvalue weighted by Crippen LogP contribution is -2.27. The topological polar surface area (TPSA) is 29.1 Å². The van der Waals surface area contributed by atoms with E-state index in [4.69, 9.17) is 0 Å². The highest BCUT2D eigenvalue weighted by atomic mass is 32.2. The third-order valence-corrected chi connectivity index (χ3v) is 4.47. The number of rotatable bonds is 6. The van der Waals surface area contributed by atoms with Crippen LogP contribution in [0.4, 0.5) is 4.39 Å². The predicted molar refractivity (Wildman–Crippen MR) is 89.8 cm³/mol. The van der Waals surface area contributed by atoms with E-state index < -0.39 is 0 Å². The number of carbonyl (C=O) groups is 1. The van der Waals surface area contributed by atoms with Gasteiger partial charge in [-0.05, 0) is 61.2 Å². The Hall–Kier alpha value is -1.81. The second-order valence-electron chi connectivity index (χ2n) is 5.26. The van der Waals surface area contributed by atoms with Gasteiger partial charge in [0.15, 0.2) is 0 Å². The molecule has 0 atom stereocenters. The third kappa shape index (κ3) is 5.19. The molecule has 1 N–H and O–H groups in total. The lowest BCUT2D eigenvalue weighted by Gasteiger charge is -2.07. The number of thioether (sulfide) groups is 1. The first-order chi connectivity index (χ1) is 10.5. The number of hydrogen-bond donors (Lipinski definition) is 1. The summed E-state index contributed by atoms with van der Waals surface area (Å²) in [4.78, 5) is 12.9. The third-order valence-electron chi connectivity index (χ3n) is 3.47. The Morgan fingerprint density at radius 3 is 2.68 bits per heavy atom. The lowest BCUT2D eigenvalue weighted by molar-refractivity contribution is -0.118. The maximum Gasteiger partial charge on any atom is 0.230 e. The van der Waals surface area contributed by atoms with Crippen LogP contribution in [-0.4, -0.2) is 18.2 Å². The van der Waals surface area contributed by atoms with Gasteiger partial charge in [0, 0.05) is 11.4 Å². The zero-order valence-electron chi connectivity index (χ0n) is 12.9. The molecule has 0 unspecified atom stereocenters. The van der Waals surface area contributed by atoms with Crippen LogP contribution in [0.3, 0.4) is 0 Å². The second-order valence-corrected chi connectivity index (χ2v) is 6.31. The van der Waals surface area contributed by atoms with Crippen LogP contribution in [0.1, 0.15) is 16.7 Å². The van der Waals surface area contributed by atoms with Gasteiger partial charge < -0.3 is 5.32 Å². The molecule has 0 radical (unpaired) electrons. The molecule has 0 spiro atoms. The minimum atomic E-state index is -0.242. The smallest absolute Gasteiger partial charge is 0.230 e. The van der Waals surface area contributed by atoms with Crippen LogP contribution in [-0.2, 0) is 11.2 Å². The lowest BCUT2D eigenvalue weighted by atomic mass is 10.1. The molecule has 0 bridgehead atoms. The van der Waals surface area contributed by atoms with Crippen molar-refractivity contribution >= 4 is 17.7 Å². The Bertz CT molecular complexity index is 657. The minimum absolute atomic E-state index is 0.000342. The van der Waals surface area contributed by atoms with Gasteiger partial charge >= 0.3 is 0 Å². The number of aryl methyl sites for hydroxylation is 2. The molecule has 0 aliphatic rings. The van der Waals surface area contributed by atoms with Gasteiger partial charge in [-0.1, -0.05) is 18.2 Å². The molecule has 0 fully saturated rings. The first-order valence-corrected chi connectivity index (χ1v) is 8.24. The fourth-order valence-corrected chi connectivity index (χ4v) is 2.87. The average Bonchev–Trinajstić information content (AvgIpc) is 2.48. The Morgan fingerprint density at radius 2 is 1.95 bits per heavy atom. The minimum Gasteiger partial charge on any atom is -0.355 e. The summed E-state index contributed by atoms with van der Waals surface area (Å²) in [6.07, 6.45) is 0.637. The van der Waals surface area contributed by atoms with Gasteiger partial charge in [-0.2, -0.15) is 0 Å². The molecule has 0 aromatic heterocycles. The van der Waals surface area contributed by atoms with Crippen molar-refractivity contribution in [2.45, 2.75) is 25.2 Å². The summed E-state index contributed by atoms with van der Waals surface area (Å²) in [5.41, 5.74) is 3.38. The monoisotopic (exact) mass is 317 g/mol. The first kappa shape index (κ1) is 16.6. The van der Waals surface area contributed by atoms with E-state index in [0.29, 0.717) is 18.7 Å². The first-order valence-electron chi connectivity index (χ1n) is 7.26. The summed E-state index contributed by atoms with van der Waals surface area (Å²) >= 11 is 1.53. The molecule has 2 aromatic rings. The van der Waals surface area contributed by atoms with E-state index in [-0.39, 0.29) is 11.7 Å². The molecule has 0 heterocycles. The van der Waals surface area contributed by atoms with Crippen LogP contribution in [0, 0.1) is 19.7 Å². The summed E-state index contributed by atoms with van der Waals surface area (Å²) in [5, 5.41) is 2.86. The van der Waals surface area contributed by atoms with Crippen LogP contribution in [0.5, 0.6) is 0 Å². The van der Waals surface area contributed by atoms with E-state index in [1.165, 1.54) is 35.0 Å². The zero-order chi connectivity index (χ0) is 15.9. The van der Waals surface area contributed by atoms with E-state index in [0.717, 1.165) is 10.5 Å². The van der Waals surface area contributed by atoms with E-state index >= 15 is 0 Å². The van der Waals surface area contributed by atoms with Gasteiger partial charge in [0.25, 0.3) is 0 Å². The van der Waals surface area contributed by atoms with Crippen molar-refractivity contribution in [3.8, 4) is 0 Å². The molecule has 4 heteroatoms. The number of halogens is 1. The molecule has 0 aliphatic carbocycles. The number of nitrogens with one attached hydrogen (secondary N) is 1. The van der Waals surface area contributed by atoms with Crippen molar-refractivity contribution in [3.63, 3.8) is 0 Å². The largest absolute Gasteiger partial charge is 0.355 e. The van der Waals surface area contributed by atoms with Crippen molar-refractivity contribution in [2.24, 2.45) is 0 Å². The van der Waals surface area contributed by atoms with Gasteiger partial charge in [-0.3, -0.25) is 4.79 Å². The molecule has 0 aliphatic heterocycles. The Kier molecular flexibility index (Phi) is 6.01. The molecule has 1 amide bonds. The summed E-state index contributed by atoms with van der Waals surface area (Å²) in [6, 6.07) is 12.7. The predicted octanol–water partition coefficient (Wildman–Crippen LogP) is 3.89. The van der Waals surface area contributed by atoms with E-state index in [9.17, 15) is 9.18 Å². The van der Waals surface area contributed by atoms with E-state index in [1.807, 2.05) is 12.1 Å². The normalized spacial score (nSPS) is 10.5. The van der Waals surface area contributed by atoms with Crippen molar-refractivity contribution in [2.75, 3.05) is 12.3 Å². The van der Waals surface area contributed by atoms with Crippen LogP contribution >= 0.6 is 11.8 Å². The highest BCUT2D eigenvalue weighted by Crippen LogP contribution is 2.20. The average molecular weight is 317 g/mol. The highest BCUT2D eigenvalue weighted by molar-refractivity contribution is 8.00. The molecule has 116 valence electrons. The van der Waals surface area contributed by atoms with Crippen molar-refractivity contribution in [3.05, 3.63) is 65.0 Å². The number of hydrogen-bond acceptors (Lipinski definition) is 2. The van der Waals surface area contributed by atoms with Crippen LogP contribution in [0.2, 0.25) is 0 Å². The Labute approximate surface area is 135 Å². The molecule has 0 saturated carbocycles. The highest BCUT2D eigenvalue weighted by Gasteiger charge is 2.04. The van der Waals surface area contributed by atoms with Gasteiger partial charge in [0.1, 0.15) is 5.82 Å². The van der Waals surface area contributed by atoms with Crippen molar-refractivity contribution in [1.29, 1.82) is 0 Å². The van der Waals surface area contributed by atoms with Gasteiger partial charge in [-0.15, -0.1) is 11.8 Å². The SMILES string of the molecule is Cc1ccc(SCC(=O)NCCc2cccc(F)c2)cc1C. The molecule has 2 aromatic carbocycles. The van der Waals surface area contributed by atoms with Crippen molar-refractivity contribution < 1.29 is 9.18 Å². The molecular formula is C18H20FNOS. The fourth-order valence-electron chi connectivity index (χ4n) is 2.04. The number of amides is 1. The van der Waals surface area contributed by atoms with Crippen LogP contribution < -0.4 is 5.32 Å². The Balaban J connectivity index is 1.72. The van der Waals surface area contributed by atoms with E-state index in [1.54, 1.807) is 6.07 Å². The molecular weight excluding hydrogens is 297 g/mol. The molecule has 2 nitrogen and oxygen atoms in total. The van der Waals surface area contributed by atoms with Crippen LogP contribution in [0.25, 0.3) is 0 Å². The maximum absolute atomic E-state index is 13.0. The molecule has 0 saturated heterocycles. The molecule has 2 rings (SSSR count).